The zero-order valence-corrected chi connectivity index (χ0v) is 19.3. The van der Waals surface area contributed by atoms with E-state index in [0.717, 1.165) is 11.1 Å². The Morgan fingerprint density at radius 2 is 1.67 bits per heavy atom. The van der Waals surface area contributed by atoms with E-state index in [2.05, 4.69) is 5.32 Å². The van der Waals surface area contributed by atoms with Crippen molar-refractivity contribution in [3.05, 3.63) is 83.4 Å². The third-order valence-electron chi connectivity index (χ3n) is 4.80. The molecular formula is C26H24ClNO5. The van der Waals surface area contributed by atoms with Crippen molar-refractivity contribution in [1.82, 2.24) is 0 Å². The summed E-state index contributed by atoms with van der Waals surface area (Å²) < 4.78 is 15.7. The van der Waals surface area contributed by atoms with Gasteiger partial charge in [-0.2, -0.15) is 0 Å². The first-order valence-electron chi connectivity index (χ1n) is 10.2. The molecule has 0 heterocycles. The molecule has 6 nitrogen and oxygen atoms in total. The lowest BCUT2D eigenvalue weighted by molar-refractivity contribution is -0.148. The van der Waals surface area contributed by atoms with Crippen LogP contribution in [0.2, 0.25) is 5.02 Å². The standard InChI is InChI=1S/C26H24ClNO5/c1-17(26(30)28-22-12-8-7-11-20(22)19-9-5-4-6-10-19)33-24(29)14-13-18-15-21(27)25(32-3)23(16-18)31-2/h4-17H,1-3H3,(H,28,30)/b14-13+. The van der Waals surface area contributed by atoms with Gasteiger partial charge in [0.15, 0.2) is 17.6 Å². The predicted octanol–water partition coefficient (Wildman–Crippen LogP) is 5.61. The molecule has 3 aromatic carbocycles. The fraction of sp³-hybridized carbons (Fsp3) is 0.154. The summed E-state index contributed by atoms with van der Waals surface area (Å²) in [6, 6.07) is 20.4. The number of hydrogen-bond donors (Lipinski definition) is 1. The molecule has 1 unspecified atom stereocenters. The summed E-state index contributed by atoms with van der Waals surface area (Å²) in [5.41, 5.74) is 3.08. The summed E-state index contributed by atoms with van der Waals surface area (Å²) in [5, 5.41) is 3.18. The smallest absolute Gasteiger partial charge is 0.331 e. The van der Waals surface area contributed by atoms with Gasteiger partial charge in [0, 0.05) is 17.3 Å². The monoisotopic (exact) mass is 465 g/mol. The van der Waals surface area contributed by atoms with E-state index in [0.29, 0.717) is 27.8 Å². The van der Waals surface area contributed by atoms with Gasteiger partial charge in [0.1, 0.15) is 0 Å². The Balaban J connectivity index is 1.65. The van der Waals surface area contributed by atoms with E-state index < -0.39 is 18.0 Å². The van der Waals surface area contributed by atoms with Crippen molar-refractivity contribution in [3.8, 4) is 22.6 Å². The molecule has 33 heavy (non-hydrogen) atoms. The van der Waals surface area contributed by atoms with Crippen LogP contribution >= 0.6 is 11.6 Å². The number of benzene rings is 3. The van der Waals surface area contributed by atoms with E-state index in [1.165, 1.54) is 33.3 Å². The number of methoxy groups -OCH3 is 2. The maximum absolute atomic E-state index is 12.6. The lowest BCUT2D eigenvalue weighted by atomic mass is 10.0. The van der Waals surface area contributed by atoms with Crippen molar-refractivity contribution >= 4 is 35.2 Å². The number of nitrogens with one attached hydrogen (secondary N) is 1. The predicted molar refractivity (Wildman–Crippen MR) is 130 cm³/mol. The normalized spacial score (nSPS) is 11.6. The summed E-state index contributed by atoms with van der Waals surface area (Å²) >= 11 is 6.18. The average molecular weight is 466 g/mol. The molecule has 0 aliphatic carbocycles. The Bertz CT molecular complexity index is 1160. The number of hydrogen-bond acceptors (Lipinski definition) is 5. The van der Waals surface area contributed by atoms with Crippen molar-refractivity contribution in [2.45, 2.75) is 13.0 Å². The van der Waals surface area contributed by atoms with Gasteiger partial charge in [-0.25, -0.2) is 4.79 Å². The van der Waals surface area contributed by atoms with Gasteiger partial charge in [-0.15, -0.1) is 0 Å². The van der Waals surface area contributed by atoms with E-state index in [1.54, 1.807) is 18.2 Å². The molecule has 0 radical (unpaired) electrons. The van der Waals surface area contributed by atoms with Crippen molar-refractivity contribution in [1.29, 1.82) is 0 Å². The third-order valence-corrected chi connectivity index (χ3v) is 5.08. The summed E-state index contributed by atoms with van der Waals surface area (Å²) in [5.74, 6) is -0.267. The number of carbonyl (C=O) groups excluding carboxylic acids is 2. The summed E-state index contributed by atoms with van der Waals surface area (Å²) in [4.78, 5) is 24.9. The van der Waals surface area contributed by atoms with Gasteiger partial charge < -0.3 is 19.5 Å². The molecule has 0 aromatic heterocycles. The van der Waals surface area contributed by atoms with Crippen LogP contribution in [-0.2, 0) is 14.3 Å². The van der Waals surface area contributed by atoms with Crippen LogP contribution in [-0.4, -0.2) is 32.2 Å². The molecule has 0 bridgehead atoms. The summed E-state index contributed by atoms with van der Waals surface area (Å²) in [7, 11) is 2.98. The van der Waals surface area contributed by atoms with Gasteiger partial charge in [-0.1, -0.05) is 60.1 Å². The number of amides is 1. The number of carbonyl (C=O) groups is 2. The van der Waals surface area contributed by atoms with Crippen molar-refractivity contribution < 1.29 is 23.8 Å². The van der Waals surface area contributed by atoms with Crippen LogP contribution in [0.3, 0.4) is 0 Å². The summed E-state index contributed by atoms with van der Waals surface area (Å²) in [6.45, 7) is 1.51. The molecule has 0 aliphatic rings. The highest BCUT2D eigenvalue weighted by molar-refractivity contribution is 6.32. The topological polar surface area (TPSA) is 73.9 Å². The number of esters is 1. The van der Waals surface area contributed by atoms with Crippen molar-refractivity contribution in [2.24, 2.45) is 0 Å². The second kappa shape index (κ2) is 11.2. The Hall–Kier alpha value is -3.77. The van der Waals surface area contributed by atoms with E-state index in [-0.39, 0.29) is 0 Å². The Morgan fingerprint density at radius 1 is 0.970 bits per heavy atom. The number of halogens is 1. The molecule has 0 aliphatic heterocycles. The minimum Gasteiger partial charge on any atom is -0.493 e. The molecule has 1 amide bonds. The maximum atomic E-state index is 12.6. The van der Waals surface area contributed by atoms with Crippen molar-refractivity contribution in [3.63, 3.8) is 0 Å². The molecular weight excluding hydrogens is 442 g/mol. The van der Waals surface area contributed by atoms with Crippen molar-refractivity contribution in [2.75, 3.05) is 19.5 Å². The Morgan fingerprint density at radius 3 is 2.36 bits per heavy atom. The molecule has 3 aromatic rings. The van der Waals surface area contributed by atoms with Gasteiger partial charge in [0.05, 0.1) is 19.2 Å². The fourth-order valence-electron chi connectivity index (χ4n) is 3.16. The van der Waals surface area contributed by atoms with Crippen LogP contribution in [0.1, 0.15) is 12.5 Å². The Labute approximate surface area is 197 Å². The van der Waals surface area contributed by atoms with Crippen LogP contribution in [0.4, 0.5) is 5.69 Å². The maximum Gasteiger partial charge on any atom is 0.331 e. The molecule has 1 N–H and O–H groups in total. The molecule has 7 heteroatoms. The van der Waals surface area contributed by atoms with E-state index in [1.807, 2.05) is 48.5 Å². The van der Waals surface area contributed by atoms with Gasteiger partial charge in [-0.05, 0) is 42.3 Å². The van der Waals surface area contributed by atoms with Crippen LogP contribution in [0.25, 0.3) is 17.2 Å². The Kier molecular flexibility index (Phi) is 8.11. The number of ether oxygens (including phenoxy) is 3. The highest BCUT2D eigenvalue weighted by Gasteiger charge is 2.18. The highest BCUT2D eigenvalue weighted by Crippen LogP contribution is 2.36. The van der Waals surface area contributed by atoms with Gasteiger partial charge in [-0.3, -0.25) is 4.79 Å². The number of para-hydroxylation sites is 1. The van der Waals surface area contributed by atoms with Gasteiger partial charge in [0.25, 0.3) is 5.91 Å². The first kappa shape index (κ1) is 23.9. The number of rotatable bonds is 8. The molecule has 0 saturated carbocycles. The SMILES string of the molecule is COc1cc(/C=C/C(=O)OC(C)C(=O)Nc2ccccc2-c2ccccc2)cc(Cl)c1OC. The second-order valence-corrected chi connectivity index (χ2v) is 7.46. The van der Waals surface area contributed by atoms with Gasteiger partial charge >= 0.3 is 5.97 Å². The molecule has 0 fully saturated rings. The van der Waals surface area contributed by atoms with Crippen LogP contribution < -0.4 is 14.8 Å². The lowest BCUT2D eigenvalue weighted by Crippen LogP contribution is -2.29. The van der Waals surface area contributed by atoms with E-state index in [9.17, 15) is 9.59 Å². The second-order valence-electron chi connectivity index (χ2n) is 7.05. The molecule has 170 valence electrons. The molecule has 0 saturated heterocycles. The van der Waals surface area contributed by atoms with Crippen LogP contribution in [0.15, 0.2) is 72.8 Å². The van der Waals surface area contributed by atoms with E-state index in [4.69, 9.17) is 25.8 Å². The molecule has 3 rings (SSSR count). The quantitative estimate of drug-likeness (QED) is 0.346. The first-order valence-corrected chi connectivity index (χ1v) is 10.6. The molecule has 0 spiro atoms. The minimum absolute atomic E-state index is 0.342. The third kappa shape index (κ3) is 6.14. The van der Waals surface area contributed by atoms with E-state index >= 15 is 0 Å². The molecule has 1 atom stereocenters. The zero-order valence-electron chi connectivity index (χ0n) is 18.5. The first-order chi connectivity index (χ1) is 15.9. The van der Waals surface area contributed by atoms with Crippen LogP contribution in [0.5, 0.6) is 11.5 Å². The average Bonchev–Trinajstić information content (AvgIpc) is 2.83. The number of anilines is 1. The highest BCUT2D eigenvalue weighted by atomic mass is 35.5. The summed E-state index contributed by atoms with van der Waals surface area (Å²) in [6.07, 6.45) is 1.74. The van der Waals surface area contributed by atoms with Crippen LogP contribution in [0, 0.1) is 0 Å². The fourth-order valence-corrected chi connectivity index (χ4v) is 3.46. The van der Waals surface area contributed by atoms with Gasteiger partial charge in [0.2, 0.25) is 0 Å². The zero-order chi connectivity index (χ0) is 23.8. The lowest BCUT2D eigenvalue weighted by Gasteiger charge is -2.15. The minimum atomic E-state index is -1.00. The largest absolute Gasteiger partial charge is 0.493 e.